The van der Waals surface area contributed by atoms with Gasteiger partial charge in [0.2, 0.25) is 0 Å². The number of hydrogen-bond acceptors (Lipinski definition) is 3. The molecule has 1 aliphatic carbocycles. The van der Waals surface area contributed by atoms with E-state index in [9.17, 15) is 0 Å². The van der Waals surface area contributed by atoms with E-state index in [1.54, 1.807) is 6.08 Å². The minimum atomic E-state index is 0.307. The first-order chi connectivity index (χ1) is 11.8. The fourth-order valence-corrected chi connectivity index (χ4v) is 3.93. The summed E-state index contributed by atoms with van der Waals surface area (Å²) < 4.78 is 5.59. The molecule has 0 aromatic heterocycles. The summed E-state index contributed by atoms with van der Waals surface area (Å²) >= 11 is 0. The van der Waals surface area contributed by atoms with Gasteiger partial charge in [0, 0.05) is 18.5 Å². The van der Waals surface area contributed by atoms with Crippen molar-refractivity contribution in [3.05, 3.63) is 77.9 Å². The molecule has 2 atom stereocenters. The van der Waals surface area contributed by atoms with Crippen LogP contribution in [0.5, 0.6) is 5.75 Å². The van der Waals surface area contributed by atoms with Crippen LogP contribution in [0.4, 0.5) is 0 Å². The highest BCUT2D eigenvalue weighted by Crippen LogP contribution is 2.42. The van der Waals surface area contributed by atoms with Gasteiger partial charge in [-0.1, -0.05) is 49.1 Å². The third kappa shape index (κ3) is 2.50. The molecule has 2 aromatic carbocycles. The number of fused-ring (bicyclic) bond motifs is 3. The Kier molecular flexibility index (Phi) is 3.85. The zero-order valence-corrected chi connectivity index (χ0v) is 14.0. The monoisotopic (exact) mass is 318 g/mol. The third-order valence-corrected chi connectivity index (χ3v) is 5.01. The van der Waals surface area contributed by atoms with Crippen LogP contribution in [0.1, 0.15) is 29.2 Å². The fourth-order valence-electron chi connectivity index (χ4n) is 3.93. The average molecular weight is 318 g/mol. The lowest BCUT2D eigenvalue weighted by molar-refractivity contribution is 0.243. The molecule has 2 aliphatic rings. The highest BCUT2D eigenvalue weighted by molar-refractivity contribution is 6.05. The number of hydrogen-bond donors (Lipinski definition) is 0. The van der Waals surface area contributed by atoms with Crippen molar-refractivity contribution in [2.24, 2.45) is 11.0 Å². The minimum absolute atomic E-state index is 0.307. The van der Waals surface area contributed by atoms with E-state index in [0.717, 1.165) is 18.6 Å². The van der Waals surface area contributed by atoms with Crippen LogP contribution in [0.2, 0.25) is 0 Å². The SMILES string of the molecule is C=CCOc1ccc(C2C3CCc4ccccc4C3=NN2C)cc1. The maximum atomic E-state index is 5.59. The van der Waals surface area contributed by atoms with Crippen LogP contribution in [0.25, 0.3) is 0 Å². The quantitative estimate of drug-likeness (QED) is 0.789. The van der Waals surface area contributed by atoms with Gasteiger partial charge in [-0.15, -0.1) is 0 Å². The van der Waals surface area contributed by atoms with Gasteiger partial charge in [0.05, 0.1) is 11.8 Å². The number of nitrogens with zero attached hydrogens (tertiary/aromatic N) is 2. The Morgan fingerprint density at radius 3 is 2.79 bits per heavy atom. The Hall–Kier alpha value is -2.55. The van der Waals surface area contributed by atoms with Gasteiger partial charge in [-0.3, -0.25) is 5.01 Å². The Bertz CT molecular complexity index is 779. The highest BCUT2D eigenvalue weighted by atomic mass is 16.5. The molecular weight excluding hydrogens is 296 g/mol. The molecule has 122 valence electrons. The van der Waals surface area contributed by atoms with Crippen molar-refractivity contribution in [2.45, 2.75) is 18.9 Å². The number of benzene rings is 2. The van der Waals surface area contributed by atoms with E-state index in [1.165, 1.54) is 22.4 Å². The first kappa shape index (κ1) is 15.0. The molecule has 4 rings (SSSR count). The van der Waals surface area contributed by atoms with E-state index in [-0.39, 0.29) is 0 Å². The molecule has 0 N–H and O–H groups in total. The van der Waals surface area contributed by atoms with Crippen LogP contribution in [0, 0.1) is 5.92 Å². The molecular formula is C21H22N2O. The number of hydrazone groups is 1. The van der Waals surface area contributed by atoms with Crippen LogP contribution in [0.15, 0.2) is 66.3 Å². The molecule has 0 amide bonds. The topological polar surface area (TPSA) is 24.8 Å². The van der Waals surface area contributed by atoms with E-state index in [1.807, 2.05) is 12.1 Å². The lowest BCUT2D eigenvalue weighted by Gasteiger charge is -2.29. The van der Waals surface area contributed by atoms with Crippen molar-refractivity contribution in [2.75, 3.05) is 13.7 Å². The molecule has 0 spiro atoms. The number of ether oxygens (including phenoxy) is 1. The van der Waals surface area contributed by atoms with Crippen molar-refractivity contribution in [1.82, 2.24) is 5.01 Å². The second-order valence-corrected chi connectivity index (χ2v) is 6.47. The highest BCUT2D eigenvalue weighted by Gasteiger charge is 2.39. The molecule has 1 heterocycles. The smallest absolute Gasteiger partial charge is 0.119 e. The second kappa shape index (κ2) is 6.16. The Labute approximate surface area is 143 Å². The first-order valence-corrected chi connectivity index (χ1v) is 8.51. The fraction of sp³-hybridized carbons (Fsp3) is 0.286. The summed E-state index contributed by atoms with van der Waals surface area (Å²) in [6.45, 7) is 4.22. The Balaban J connectivity index is 1.61. The second-order valence-electron chi connectivity index (χ2n) is 6.47. The molecule has 2 unspecified atom stereocenters. The van der Waals surface area contributed by atoms with Gasteiger partial charge >= 0.3 is 0 Å². The number of aryl methyl sites for hydroxylation is 1. The van der Waals surface area contributed by atoms with Crippen LogP contribution in [-0.2, 0) is 6.42 Å². The number of rotatable bonds is 4. The van der Waals surface area contributed by atoms with Gasteiger partial charge in [-0.05, 0) is 36.1 Å². The molecule has 0 bridgehead atoms. The summed E-state index contributed by atoms with van der Waals surface area (Å²) in [6.07, 6.45) is 4.04. The zero-order chi connectivity index (χ0) is 16.5. The summed E-state index contributed by atoms with van der Waals surface area (Å²) in [5.74, 6) is 1.35. The maximum Gasteiger partial charge on any atom is 0.119 e. The Morgan fingerprint density at radius 2 is 2.00 bits per heavy atom. The van der Waals surface area contributed by atoms with Crippen molar-refractivity contribution in [3.63, 3.8) is 0 Å². The van der Waals surface area contributed by atoms with Crippen molar-refractivity contribution in [3.8, 4) is 5.75 Å². The van der Waals surface area contributed by atoms with Crippen LogP contribution >= 0.6 is 0 Å². The standard InChI is InChI=1S/C21H22N2O/c1-3-14-24-17-11-8-16(9-12-17)21-19-13-10-15-6-4-5-7-18(15)20(19)22-23(21)2/h3-9,11-12,19,21H,1,10,13-14H2,2H3. The van der Waals surface area contributed by atoms with Crippen LogP contribution in [0.3, 0.4) is 0 Å². The summed E-state index contributed by atoms with van der Waals surface area (Å²) in [5.41, 5.74) is 5.30. The average Bonchev–Trinajstić information content (AvgIpc) is 2.97. The molecule has 0 fully saturated rings. The summed E-state index contributed by atoms with van der Waals surface area (Å²) in [5, 5.41) is 7.01. The van der Waals surface area contributed by atoms with Crippen molar-refractivity contribution >= 4 is 5.71 Å². The van der Waals surface area contributed by atoms with Crippen LogP contribution < -0.4 is 4.74 Å². The maximum absolute atomic E-state index is 5.59. The van der Waals surface area contributed by atoms with Gasteiger partial charge < -0.3 is 4.74 Å². The summed E-state index contributed by atoms with van der Waals surface area (Å²) in [4.78, 5) is 0. The molecule has 2 aromatic rings. The molecule has 3 nitrogen and oxygen atoms in total. The van der Waals surface area contributed by atoms with Gasteiger partial charge in [-0.2, -0.15) is 5.10 Å². The molecule has 3 heteroatoms. The Morgan fingerprint density at radius 1 is 1.21 bits per heavy atom. The van der Waals surface area contributed by atoms with E-state index in [2.05, 4.69) is 55.0 Å². The van der Waals surface area contributed by atoms with Gasteiger partial charge in [0.25, 0.3) is 0 Å². The van der Waals surface area contributed by atoms with Crippen molar-refractivity contribution < 1.29 is 4.74 Å². The minimum Gasteiger partial charge on any atom is -0.490 e. The largest absolute Gasteiger partial charge is 0.490 e. The van der Waals surface area contributed by atoms with Gasteiger partial charge in [0.1, 0.15) is 12.4 Å². The lowest BCUT2D eigenvalue weighted by Crippen LogP contribution is -2.27. The molecule has 0 saturated heterocycles. The van der Waals surface area contributed by atoms with Crippen molar-refractivity contribution in [1.29, 1.82) is 0 Å². The van der Waals surface area contributed by atoms with Crippen LogP contribution in [-0.4, -0.2) is 24.4 Å². The lowest BCUT2D eigenvalue weighted by atomic mass is 9.77. The molecule has 0 radical (unpaired) electrons. The molecule has 0 saturated carbocycles. The summed E-state index contributed by atoms with van der Waals surface area (Å²) in [6, 6.07) is 17.4. The molecule has 1 aliphatic heterocycles. The normalized spacial score (nSPS) is 21.7. The van der Waals surface area contributed by atoms with Gasteiger partial charge in [0.15, 0.2) is 0 Å². The predicted molar refractivity (Wildman–Crippen MR) is 97.4 cm³/mol. The van der Waals surface area contributed by atoms with E-state index >= 15 is 0 Å². The molecule has 24 heavy (non-hydrogen) atoms. The zero-order valence-electron chi connectivity index (χ0n) is 14.0. The first-order valence-electron chi connectivity index (χ1n) is 8.51. The summed E-state index contributed by atoms with van der Waals surface area (Å²) in [7, 11) is 2.08. The third-order valence-electron chi connectivity index (χ3n) is 5.01. The van der Waals surface area contributed by atoms with E-state index in [0.29, 0.717) is 18.6 Å². The predicted octanol–water partition coefficient (Wildman–Crippen LogP) is 4.20. The van der Waals surface area contributed by atoms with E-state index < -0.39 is 0 Å². The van der Waals surface area contributed by atoms with E-state index in [4.69, 9.17) is 9.84 Å². The van der Waals surface area contributed by atoms with Gasteiger partial charge in [-0.25, -0.2) is 0 Å².